The molecule has 0 aromatic carbocycles. The number of ether oxygens (including phenoxy) is 4. The van der Waals surface area contributed by atoms with E-state index in [1.807, 2.05) is 27.7 Å². The molecule has 0 spiro atoms. The Morgan fingerprint density at radius 3 is 1.22 bits per heavy atom. The molecule has 0 aliphatic heterocycles. The van der Waals surface area contributed by atoms with E-state index < -0.39 is 0 Å². The van der Waals surface area contributed by atoms with Gasteiger partial charge in [0.05, 0.1) is 12.2 Å². The summed E-state index contributed by atoms with van der Waals surface area (Å²) < 4.78 is 23.3. The van der Waals surface area contributed by atoms with Crippen LogP contribution in [0.2, 0.25) is 0 Å². The molecule has 0 N–H and O–H groups in total. The van der Waals surface area contributed by atoms with E-state index in [0.29, 0.717) is 26.4 Å². The Morgan fingerprint density at radius 2 is 0.944 bits per heavy atom. The third-order valence-corrected chi connectivity index (χ3v) is 3.27. The fraction of sp³-hybridized carbons (Fsp3) is 1.00. The Balaban J connectivity index is 2.72. The lowest BCUT2D eigenvalue weighted by Gasteiger charge is -2.41. The summed E-state index contributed by atoms with van der Waals surface area (Å²) in [5.41, 5.74) is 0. The molecule has 0 aromatic heterocycles. The zero-order valence-electron chi connectivity index (χ0n) is 12.2. The van der Waals surface area contributed by atoms with Crippen molar-refractivity contribution >= 4 is 0 Å². The van der Waals surface area contributed by atoms with Crippen molar-refractivity contribution in [3.8, 4) is 0 Å². The van der Waals surface area contributed by atoms with E-state index in [1.165, 1.54) is 0 Å². The zero-order valence-corrected chi connectivity index (χ0v) is 12.2. The molecule has 1 saturated carbocycles. The first-order chi connectivity index (χ1) is 8.78. The summed E-state index contributed by atoms with van der Waals surface area (Å²) in [6.45, 7) is 10.8. The molecule has 1 unspecified atom stereocenters. The van der Waals surface area contributed by atoms with Gasteiger partial charge in [-0.15, -0.1) is 0 Å². The highest BCUT2D eigenvalue weighted by atomic mass is 16.6. The molecule has 4 atom stereocenters. The summed E-state index contributed by atoms with van der Waals surface area (Å²) in [5, 5.41) is 0. The van der Waals surface area contributed by atoms with Gasteiger partial charge in [0.2, 0.25) is 0 Å². The van der Waals surface area contributed by atoms with Gasteiger partial charge in [0.15, 0.2) is 0 Å². The van der Waals surface area contributed by atoms with Gasteiger partial charge in [0.1, 0.15) is 12.2 Å². The van der Waals surface area contributed by atoms with Crippen LogP contribution in [0.1, 0.15) is 40.5 Å². The molecule has 0 aromatic rings. The van der Waals surface area contributed by atoms with Crippen molar-refractivity contribution in [1.82, 2.24) is 0 Å². The van der Waals surface area contributed by atoms with Gasteiger partial charge >= 0.3 is 0 Å². The molecular weight excluding hydrogens is 232 g/mol. The van der Waals surface area contributed by atoms with Crippen LogP contribution in [0.15, 0.2) is 0 Å². The second kappa shape index (κ2) is 8.86. The number of hydrogen-bond acceptors (Lipinski definition) is 4. The van der Waals surface area contributed by atoms with Gasteiger partial charge in [-0.1, -0.05) is 0 Å². The lowest BCUT2D eigenvalue weighted by Crippen LogP contribution is -2.53. The zero-order chi connectivity index (χ0) is 13.4. The van der Waals surface area contributed by atoms with Gasteiger partial charge in [-0.3, -0.25) is 0 Å². The normalized spacial score (nSPS) is 32.7. The lowest BCUT2D eigenvalue weighted by molar-refractivity contribution is -0.198. The summed E-state index contributed by atoms with van der Waals surface area (Å²) in [6.07, 6.45) is 2.19. The molecule has 4 heteroatoms. The predicted molar refractivity (Wildman–Crippen MR) is 70.9 cm³/mol. The van der Waals surface area contributed by atoms with E-state index in [1.54, 1.807) is 0 Å². The van der Waals surface area contributed by atoms with E-state index in [0.717, 1.165) is 12.8 Å². The fourth-order valence-corrected chi connectivity index (χ4v) is 2.65. The Bertz CT molecular complexity index is 188. The van der Waals surface area contributed by atoms with E-state index in [-0.39, 0.29) is 24.4 Å². The maximum Gasteiger partial charge on any atom is 0.112 e. The summed E-state index contributed by atoms with van der Waals surface area (Å²) >= 11 is 0. The smallest absolute Gasteiger partial charge is 0.112 e. The average molecular weight is 260 g/mol. The predicted octanol–water partition coefficient (Wildman–Crippen LogP) is 2.40. The molecule has 1 aliphatic rings. The van der Waals surface area contributed by atoms with Crippen molar-refractivity contribution < 1.29 is 18.9 Å². The van der Waals surface area contributed by atoms with Gasteiger partial charge in [-0.05, 0) is 40.5 Å². The Hall–Kier alpha value is -0.160. The van der Waals surface area contributed by atoms with E-state index >= 15 is 0 Å². The standard InChI is InChI=1S/C14H28O4/c1-5-15-11-9-10-12(16-6-2)14(18-8-4)13(11)17-7-3/h11-14H,5-10H2,1-4H3/t11-,12?,13-,14-/m1/s1. The van der Waals surface area contributed by atoms with Crippen molar-refractivity contribution in [2.24, 2.45) is 0 Å². The van der Waals surface area contributed by atoms with Crippen LogP contribution in [0.5, 0.6) is 0 Å². The summed E-state index contributed by atoms with van der Waals surface area (Å²) in [5.74, 6) is 0. The van der Waals surface area contributed by atoms with Crippen LogP contribution < -0.4 is 0 Å². The molecule has 1 aliphatic carbocycles. The molecule has 108 valence electrons. The van der Waals surface area contributed by atoms with Gasteiger partial charge in [-0.2, -0.15) is 0 Å². The molecule has 0 heterocycles. The quantitative estimate of drug-likeness (QED) is 0.671. The van der Waals surface area contributed by atoms with Crippen LogP contribution in [0.4, 0.5) is 0 Å². The van der Waals surface area contributed by atoms with Crippen molar-refractivity contribution in [3.63, 3.8) is 0 Å². The van der Waals surface area contributed by atoms with Crippen LogP contribution in [0, 0.1) is 0 Å². The highest BCUT2D eigenvalue weighted by Crippen LogP contribution is 2.29. The largest absolute Gasteiger partial charge is 0.376 e. The number of hydrogen-bond donors (Lipinski definition) is 0. The Kier molecular flexibility index (Phi) is 7.82. The average Bonchev–Trinajstić information content (AvgIpc) is 2.37. The molecule has 4 nitrogen and oxygen atoms in total. The minimum absolute atomic E-state index is 0.0137. The van der Waals surface area contributed by atoms with E-state index in [9.17, 15) is 0 Å². The molecular formula is C14H28O4. The third-order valence-electron chi connectivity index (χ3n) is 3.27. The van der Waals surface area contributed by atoms with Gasteiger partial charge in [-0.25, -0.2) is 0 Å². The van der Waals surface area contributed by atoms with Crippen LogP contribution >= 0.6 is 0 Å². The van der Waals surface area contributed by atoms with Crippen LogP contribution in [0.25, 0.3) is 0 Å². The topological polar surface area (TPSA) is 36.9 Å². The summed E-state index contributed by atoms with van der Waals surface area (Å²) in [6, 6.07) is 0. The Morgan fingerprint density at radius 1 is 0.611 bits per heavy atom. The van der Waals surface area contributed by atoms with Crippen molar-refractivity contribution in [2.45, 2.75) is 65.0 Å². The monoisotopic (exact) mass is 260 g/mol. The third kappa shape index (κ3) is 4.19. The minimum atomic E-state index is -0.0137. The summed E-state index contributed by atoms with van der Waals surface area (Å²) in [7, 11) is 0. The first-order valence-corrected chi connectivity index (χ1v) is 7.24. The van der Waals surface area contributed by atoms with Crippen LogP contribution in [-0.2, 0) is 18.9 Å². The summed E-state index contributed by atoms with van der Waals surface area (Å²) in [4.78, 5) is 0. The highest BCUT2D eigenvalue weighted by Gasteiger charge is 2.41. The van der Waals surface area contributed by atoms with E-state index in [4.69, 9.17) is 18.9 Å². The van der Waals surface area contributed by atoms with Crippen molar-refractivity contribution in [3.05, 3.63) is 0 Å². The first kappa shape index (κ1) is 15.9. The molecule has 0 saturated heterocycles. The first-order valence-electron chi connectivity index (χ1n) is 7.24. The van der Waals surface area contributed by atoms with E-state index in [2.05, 4.69) is 0 Å². The maximum atomic E-state index is 5.86. The van der Waals surface area contributed by atoms with Crippen LogP contribution in [0.3, 0.4) is 0 Å². The second-order valence-electron chi connectivity index (χ2n) is 4.40. The van der Waals surface area contributed by atoms with Gasteiger partial charge in [0.25, 0.3) is 0 Å². The SMILES string of the molecule is CCOC1CC[C@@H](OCC)[C@@H](OCC)[C@@H]1OCC. The second-order valence-corrected chi connectivity index (χ2v) is 4.40. The van der Waals surface area contributed by atoms with Crippen molar-refractivity contribution in [1.29, 1.82) is 0 Å². The molecule has 18 heavy (non-hydrogen) atoms. The fourth-order valence-electron chi connectivity index (χ4n) is 2.65. The molecule has 1 fully saturated rings. The van der Waals surface area contributed by atoms with Gasteiger partial charge < -0.3 is 18.9 Å². The Labute approximate surface area is 111 Å². The van der Waals surface area contributed by atoms with Gasteiger partial charge in [0, 0.05) is 26.4 Å². The minimum Gasteiger partial charge on any atom is -0.376 e. The number of rotatable bonds is 8. The van der Waals surface area contributed by atoms with Crippen LogP contribution in [-0.4, -0.2) is 50.8 Å². The highest BCUT2D eigenvalue weighted by molar-refractivity contribution is 4.91. The lowest BCUT2D eigenvalue weighted by atomic mass is 9.89. The molecule has 0 amide bonds. The molecule has 0 radical (unpaired) electrons. The molecule has 0 bridgehead atoms. The maximum absolute atomic E-state index is 5.86. The van der Waals surface area contributed by atoms with Crippen molar-refractivity contribution in [2.75, 3.05) is 26.4 Å². The molecule has 1 rings (SSSR count).